The van der Waals surface area contributed by atoms with Gasteiger partial charge in [-0.3, -0.25) is 4.68 Å². The lowest BCUT2D eigenvalue weighted by Crippen LogP contribution is -2.37. The average molecular weight is 257 g/mol. The predicted molar refractivity (Wildman–Crippen MR) is 66.3 cm³/mol. The molecule has 0 radical (unpaired) electrons. The molecule has 0 amide bonds. The first kappa shape index (κ1) is 12.6. The Morgan fingerprint density at radius 1 is 1.59 bits per heavy atom. The fourth-order valence-electron chi connectivity index (χ4n) is 2.32. The number of hydrogen-bond donors (Lipinski definition) is 1. The molecule has 0 saturated carbocycles. The minimum atomic E-state index is -3.03. The van der Waals surface area contributed by atoms with E-state index < -0.39 is 21.1 Å². The number of sulfone groups is 1. The van der Waals surface area contributed by atoms with Crippen molar-refractivity contribution in [2.45, 2.75) is 44.0 Å². The van der Waals surface area contributed by atoms with E-state index in [0.29, 0.717) is 6.42 Å². The van der Waals surface area contributed by atoms with E-state index in [4.69, 9.17) is 5.73 Å². The molecule has 2 heterocycles. The number of aromatic nitrogens is 2. The molecule has 5 nitrogen and oxygen atoms in total. The minimum absolute atomic E-state index is 0.271. The summed E-state index contributed by atoms with van der Waals surface area (Å²) in [7, 11) is -3.03. The van der Waals surface area contributed by atoms with Crippen molar-refractivity contribution in [3.63, 3.8) is 0 Å². The van der Waals surface area contributed by atoms with Crippen LogP contribution in [0.5, 0.6) is 0 Å². The van der Waals surface area contributed by atoms with Crippen LogP contribution in [0, 0.1) is 0 Å². The second-order valence-corrected chi connectivity index (χ2v) is 6.90. The minimum Gasteiger partial charge on any atom is -0.323 e. The van der Waals surface area contributed by atoms with Gasteiger partial charge in [-0.15, -0.1) is 0 Å². The zero-order valence-corrected chi connectivity index (χ0v) is 10.9. The summed E-state index contributed by atoms with van der Waals surface area (Å²) in [5.74, 6) is 0.271. The molecule has 1 aromatic heterocycles. The van der Waals surface area contributed by atoms with Crippen LogP contribution in [-0.2, 0) is 16.4 Å². The van der Waals surface area contributed by atoms with E-state index in [1.165, 1.54) is 0 Å². The predicted octanol–water partition coefficient (Wildman–Crippen LogP) is 0.870. The summed E-state index contributed by atoms with van der Waals surface area (Å²) < 4.78 is 25.7. The number of hydrogen-bond acceptors (Lipinski definition) is 4. The van der Waals surface area contributed by atoms with Gasteiger partial charge in [0, 0.05) is 24.3 Å². The molecule has 0 aromatic carbocycles. The van der Waals surface area contributed by atoms with Gasteiger partial charge < -0.3 is 5.73 Å². The molecule has 2 N–H and O–H groups in total. The quantitative estimate of drug-likeness (QED) is 0.871. The van der Waals surface area contributed by atoms with E-state index in [1.807, 2.05) is 13.1 Å². The van der Waals surface area contributed by atoms with E-state index in [1.54, 1.807) is 10.9 Å². The number of aryl methyl sites for hydroxylation is 1. The first-order valence-electron chi connectivity index (χ1n) is 6.04. The fourth-order valence-corrected chi connectivity index (χ4v) is 4.36. The summed E-state index contributed by atoms with van der Waals surface area (Å²) in [5.41, 5.74) is 6.90. The zero-order chi connectivity index (χ0) is 12.5. The van der Waals surface area contributed by atoms with Crippen molar-refractivity contribution in [1.82, 2.24) is 9.78 Å². The molecular weight excluding hydrogens is 238 g/mol. The van der Waals surface area contributed by atoms with Crippen molar-refractivity contribution >= 4 is 9.84 Å². The Hall–Kier alpha value is -0.880. The van der Waals surface area contributed by atoms with E-state index in [0.717, 1.165) is 24.9 Å². The molecule has 1 aromatic rings. The standard InChI is InChI=1S/C11H19N3O2S/c1-2-14-8-9(7-13-14)11(12)10-5-3-4-6-17(10,15)16/h7-8,10-11H,2-6,12H2,1H3. The van der Waals surface area contributed by atoms with Gasteiger partial charge in [0.15, 0.2) is 9.84 Å². The van der Waals surface area contributed by atoms with Crippen LogP contribution < -0.4 is 5.73 Å². The molecule has 6 heteroatoms. The van der Waals surface area contributed by atoms with Crippen LogP contribution >= 0.6 is 0 Å². The third-order valence-electron chi connectivity index (χ3n) is 3.39. The van der Waals surface area contributed by atoms with Gasteiger partial charge in [0.1, 0.15) is 0 Å². The van der Waals surface area contributed by atoms with Crippen molar-refractivity contribution in [2.24, 2.45) is 5.73 Å². The van der Waals surface area contributed by atoms with Crippen LogP contribution in [0.4, 0.5) is 0 Å². The summed E-state index contributed by atoms with van der Waals surface area (Å²) in [6, 6.07) is -0.444. The lowest BCUT2D eigenvalue weighted by molar-refractivity contribution is 0.504. The van der Waals surface area contributed by atoms with Gasteiger partial charge in [-0.2, -0.15) is 5.10 Å². The topological polar surface area (TPSA) is 78.0 Å². The molecular formula is C11H19N3O2S. The monoisotopic (exact) mass is 257 g/mol. The van der Waals surface area contributed by atoms with Crippen molar-refractivity contribution < 1.29 is 8.42 Å². The smallest absolute Gasteiger partial charge is 0.155 e. The molecule has 1 fully saturated rings. The maximum absolute atomic E-state index is 12.0. The number of rotatable bonds is 3. The maximum atomic E-state index is 12.0. The number of nitrogens with two attached hydrogens (primary N) is 1. The van der Waals surface area contributed by atoms with Crippen LogP contribution in [0.1, 0.15) is 37.8 Å². The first-order chi connectivity index (χ1) is 8.04. The Balaban J connectivity index is 2.21. The van der Waals surface area contributed by atoms with Gasteiger partial charge in [0.2, 0.25) is 0 Å². The van der Waals surface area contributed by atoms with Crippen LogP contribution in [0.3, 0.4) is 0 Å². The lowest BCUT2D eigenvalue weighted by atomic mass is 10.0. The van der Waals surface area contributed by atoms with Crippen LogP contribution in [0.2, 0.25) is 0 Å². The summed E-state index contributed by atoms with van der Waals surface area (Å²) in [6.45, 7) is 2.75. The first-order valence-corrected chi connectivity index (χ1v) is 7.75. The van der Waals surface area contributed by atoms with Crippen molar-refractivity contribution in [1.29, 1.82) is 0 Å². The maximum Gasteiger partial charge on any atom is 0.155 e. The molecule has 96 valence electrons. The molecule has 2 atom stereocenters. The van der Waals surface area contributed by atoms with Gasteiger partial charge in [-0.25, -0.2) is 8.42 Å². The van der Waals surface area contributed by atoms with E-state index in [9.17, 15) is 8.42 Å². The third kappa shape index (κ3) is 2.52. The SMILES string of the molecule is CCn1cc(C(N)C2CCCCS2(=O)=O)cn1. The normalized spacial score (nSPS) is 25.6. The van der Waals surface area contributed by atoms with E-state index in [2.05, 4.69) is 5.10 Å². The van der Waals surface area contributed by atoms with Crippen LogP contribution in [-0.4, -0.2) is 29.2 Å². The summed E-state index contributed by atoms with van der Waals surface area (Å²) in [6.07, 6.45) is 5.90. The summed E-state index contributed by atoms with van der Waals surface area (Å²) in [5, 5.41) is 3.70. The highest BCUT2D eigenvalue weighted by Crippen LogP contribution is 2.28. The van der Waals surface area contributed by atoms with Gasteiger partial charge in [0.25, 0.3) is 0 Å². The molecule has 0 spiro atoms. The lowest BCUT2D eigenvalue weighted by Gasteiger charge is -2.26. The largest absolute Gasteiger partial charge is 0.323 e. The van der Waals surface area contributed by atoms with Crippen LogP contribution in [0.15, 0.2) is 12.4 Å². The second kappa shape index (κ2) is 4.78. The summed E-state index contributed by atoms with van der Waals surface area (Å²) in [4.78, 5) is 0. The molecule has 1 aliphatic rings. The van der Waals surface area contributed by atoms with E-state index in [-0.39, 0.29) is 5.75 Å². The van der Waals surface area contributed by atoms with Crippen LogP contribution in [0.25, 0.3) is 0 Å². The van der Waals surface area contributed by atoms with Gasteiger partial charge >= 0.3 is 0 Å². The summed E-state index contributed by atoms with van der Waals surface area (Å²) >= 11 is 0. The highest BCUT2D eigenvalue weighted by atomic mass is 32.2. The Morgan fingerprint density at radius 2 is 2.35 bits per heavy atom. The molecule has 1 saturated heterocycles. The molecule has 17 heavy (non-hydrogen) atoms. The Labute approximate surface area is 102 Å². The van der Waals surface area contributed by atoms with Crippen molar-refractivity contribution in [3.05, 3.63) is 18.0 Å². The molecule has 0 aliphatic carbocycles. The Morgan fingerprint density at radius 3 is 2.94 bits per heavy atom. The second-order valence-electron chi connectivity index (χ2n) is 4.56. The van der Waals surface area contributed by atoms with Gasteiger partial charge in [0.05, 0.1) is 17.2 Å². The highest BCUT2D eigenvalue weighted by Gasteiger charge is 2.34. The molecule has 1 aliphatic heterocycles. The third-order valence-corrected chi connectivity index (χ3v) is 5.70. The fraction of sp³-hybridized carbons (Fsp3) is 0.727. The van der Waals surface area contributed by atoms with Gasteiger partial charge in [-0.1, -0.05) is 6.42 Å². The van der Waals surface area contributed by atoms with E-state index >= 15 is 0 Å². The average Bonchev–Trinajstić information content (AvgIpc) is 2.76. The Bertz CT molecular complexity index is 481. The Kier molecular flexibility index (Phi) is 3.53. The molecule has 0 bridgehead atoms. The highest BCUT2D eigenvalue weighted by molar-refractivity contribution is 7.92. The van der Waals surface area contributed by atoms with Crippen molar-refractivity contribution in [3.8, 4) is 0 Å². The van der Waals surface area contributed by atoms with Crippen molar-refractivity contribution in [2.75, 3.05) is 5.75 Å². The van der Waals surface area contributed by atoms with Gasteiger partial charge in [-0.05, 0) is 19.8 Å². The molecule has 2 unspecified atom stereocenters. The number of nitrogens with zero attached hydrogens (tertiary/aromatic N) is 2. The molecule has 2 rings (SSSR count). The zero-order valence-electron chi connectivity index (χ0n) is 10.0.